The first-order valence-electron chi connectivity index (χ1n) is 1.02. The van der Waals surface area contributed by atoms with Gasteiger partial charge in [-0.15, -0.1) is 37.2 Å². The molecule has 0 radical (unpaired) electrons. The van der Waals surface area contributed by atoms with E-state index < -0.39 is 0 Å². The van der Waals surface area contributed by atoms with Crippen LogP contribution in [-0.4, -0.2) is 11.7 Å². The largest absolute Gasteiger partial charge is 0.397 e. The van der Waals surface area contributed by atoms with E-state index in [1.54, 1.807) is 6.92 Å². The van der Waals surface area contributed by atoms with Crippen molar-refractivity contribution in [1.82, 2.24) is 0 Å². The zero-order valence-corrected chi connectivity index (χ0v) is 8.86. The summed E-state index contributed by atoms with van der Waals surface area (Å²) >= 11 is 0. The molecule has 0 aromatic carbocycles. The Morgan fingerprint density at radius 3 is 1.14 bits per heavy atom. The van der Waals surface area contributed by atoms with Gasteiger partial charge in [0, 0.05) is 47.0 Å². The van der Waals surface area contributed by atoms with Gasteiger partial charge in [0.05, 0.1) is 0 Å². The van der Waals surface area contributed by atoms with E-state index in [-0.39, 0.29) is 84.2 Å². The molecule has 0 fully saturated rings. The Morgan fingerprint density at radius 2 is 1.14 bits per heavy atom. The van der Waals surface area contributed by atoms with Crippen LogP contribution in [-0.2, 0) is 0 Å². The van der Waals surface area contributed by atoms with Crippen LogP contribution in [0.15, 0.2) is 0 Å². The van der Waals surface area contributed by atoms with E-state index in [4.69, 9.17) is 5.11 Å². The van der Waals surface area contributed by atoms with Crippen molar-refractivity contribution < 1.29 is 45.5 Å². The number of aliphatic hydroxyl groups excluding tert-OH is 1. The molecule has 0 saturated carbocycles. The van der Waals surface area contributed by atoms with Gasteiger partial charge in [0.25, 0.3) is 0 Å². The smallest absolute Gasteiger partial charge is 0.0402 e. The molecule has 0 spiro atoms. The monoisotopic (exact) mass is 306 g/mol. The third-order valence-electron chi connectivity index (χ3n) is 0. The van der Waals surface area contributed by atoms with Gasteiger partial charge in [0.15, 0.2) is 0 Å². The summed E-state index contributed by atoms with van der Waals surface area (Å²) in [6.45, 7) is 1.93. The van der Waals surface area contributed by atoms with Gasteiger partial charge < -0.3 is 5.11 Å². The average molecular weight is 306 g/mol. The minimum absolute atomic E-state index is 0. The van der Waals surface area contributed by atoms with E-state index in [1.807, 2.05) is 0 Å². The summed E-state index contributed by atoms with van der Waals surface area (Å²) in [6.07, 6.45) is 0. The van der Waals surface area contributed by atoms with Gasteiger partial charge in [-0.3, -0.25) is 0 Å². The summed E-state index contributed by atoms with van der Waals surface area (Å²) in [7, 11) is 0. The van der Waals surface area contributed by atoms with E-state index in [9.17, 15) is 0 Å². The molecule has 1 N–H and O–H groups in total. The first-order chi connectivity index (χ1) is 1.41. The van der Waals surface area contributed by atoms with E-state index in [1.165, 1.54) is 0 Å². The molecule has 0 rings (SSSR count). The minimum Gasteiger partial charge on any atom is -0.397 e. The SMILES string of the molecule is CCO.Cl.Cl.Cl.[Sm]. The Labute approximate surface area is 95.0 Å². The zero-order chi connectivity index (χ0) is 2.71. The van der Waals surface area contributed by atoms with Gasteiger partial charge >= 0.3 is 0 Å². The normalized spacial score (nSPS) is 2.57. The van der Waals surface area contributed by atoms with Crippen molar-refractivity contribution in [2.45, 2.75) is 6.92 Å². The molecule has 0 aromatic heterocycles. The van der Waals surface area contributed by atoms with Crippen LogP contribution in [0.25, 0.3) is 0 Å². The summed E-state index contributed by atoms with van der Waals surface area (Å²) < 4.78 is 0. The molecule has 5 heteroatoms. The number of hydrogen-bond donors (Lipinski definition) is 1. The predicted molar refractivity (Wildman–Crippen MR) is 34.5 cm³/mol. The Morgan fingerprint density at radius 1 is 1.14 bits per heavy atom. The number of rotatable bonds is 0. The van der Waals surface area contributed by atoms with E-state index >= 15 is 0 Å². The molecule has 0 heterocycles. The molecule has 7 heavy (non-hydrogen) atoms. The summed E-state index contributed by atoms with van der Waals surface area (Å²) in [5.74, 6) is 0. The van der Waals surface area contributed by atoms with Crippen molar-refractivity contribution >= 4 is 37.2 Å². The molecule has 0 aliphatic carbocycles. The molecule has 0 amide bonds. The molecular weight excluding hydrogens is 297 g/mol. The first kappa shape index (κ1) is 35.2. The maximum atomic E-state index is 7.57. The summed E-state index contributed by atoms with van der Waals surface area (Å²) in [6, 6.07) is 0. The number of halogens is 3. The molecule has 0 bridgehead atoms. The van der Waals surface area contributed by atoms with Crippen LogP contribution in [0.3, 0.4) is 0 Å². The Bertz CT molecular complexity index is 12.9. The number of aliphatic hydroxyl groups is 1. The van der Waals surface area contributed by atoms with Crippen molar-refractivity contribution in [3.05, 3.63) is 0 Å². The van der Waals surface area contributed by atoms with Gasteiger partial charge in [-0.1, -0.05) is 0 Å². The molecule has 1 nitrogen and oxygen atoms in total. The fourth-order valence-electron chi connectivity index (χ4n) is 0. The van der Waals surface area contributed by atoms with Crippen molar-refractivity contribution in [1.29, 1.82) is 0 Å². The van der Waals surface area contributed by atoms with Crippen molar-refractivity contribution in [2.24, 2.45) is 0 Å². The number of hydrogen-bond acceptors (Lipinski definition) is 1. The molecule has 0 aliphatic rings. The summed E-state index contributed by atoms with van der Waals surface area (Å²) in [5, 5.41) is 7.57. The standard InChI is InChI=1S/C2H6O.3ClH.Sm/c1-2-3;;;;/h3H,2H2,1H3;3*1H;. The van der Waals surface area contributed by atoms with Crippen molar-refractivity contribution in [3.63, 3.8) is 0 Å². The van der Waals surface area contributed by atoms with Crippen molar-refractivity contribution in [2.75, 3.05) is 6.61 Å². The second-order valence-electron chi connectivity index (χ2n) is 0.316. The van der Waals surface area contributed by atoms with Crippen LogP contribution in [0.5, 0.6) is 0 Å². The maximum absolute atomic E-state index is 7.57. The second kappa shape index (κ2) is 41.8. The van der Waals surface area contributed by atoms with Gasteiger partial charge in [0.2, 0.25) is 0 Å². The molecule has 0 unspecified atom stereocenters. The topological polar surface area (TPSA) is 20.2 Å². The minimum atomic E-state index is 0. The third kappa shape index (κ3) is 66.1. The van der Waals surface area contributed by atoms with Crippen LogP contribution in [0.1, 0.15) is 6.92 Å². The van der Waals surface area contributed by atoms with Crippen LogP contribution in [0.4, 0.5) is 0 Å². The van der Waals surface area contributed by atoms with Crippen molar-refractivity contribution in [3.8, 4) is 0 Å². The average Bonchev–Trinajstić information content (AvgIpc) is 0.918. The van der Waals surface area contributed by atoms with E-state index in [0.29, 0.717) is 0 Å². The van der Waals surface area contributed by atoms with Crippen LogP contribution in [0, 0.1) is 40.4 Å². The quantitative estimate of drug-likeness (QED) is 0.714. The third-order valence-corrected chi connectivity index (χ3v) is 0. The van der Waals surface area contributed by atoms with Gasteiger partial charge in [-0.25, -0.2) is 0 Å². The van der Waals surface area contributed by atoms with Gasteiger partial charge in [-0.2, -0.15) is 0 Å². The Balaban J connectivity index is -0.00000000333. The molecule has 0 saturated heterocycles. The van der Waals surface area contributed by atoms with Gasteiger partial charge in [0.1, 0.15) is 0 Å². The first-order valence-corrected chi connectivity index (χ1v) is 1.02. The predicted octanol–water partition coefficient (Wildman–Crippen LogP) is 1.26. The fourth-order valence-corrected chi connectivity index (χ4v) is 0. The summed E-state index contributed by atoms with van der Waals surface area (Å²) in [5.41, 5.74) is 0. The van der Waals surface area contributed by atoms with Crippen LogP contribution in [0.2, 0.25) is 0 Å². The second-order valence-corrected chi connectivity index (χ2v) is 0.316. The summed E-state index contributed by atoms with van der Waals surface area (Å²) in [4.78, 5) is 0. The van der Waals surface area contributed by atoms with Crippen LogP contribution < -0.4 is 0 Å². The van der Waals surface area contributed by atoms with E-state index in [0.717, 1.165) is 0 Å². The molecule has 0 aromatic rings. The molecule has 50 valence electrons. The Hall–Kier alpha value is 2.17. The zero-order valence-electron chi connectivity index (χ0n) is 3.79. The molecule has 0 atom stereocenters. The molecular formula is C2H9Cl3OSm. The van der Waals surface area contributed by atoms with Crippen LogP contribution >= 0.6 is 37.2 Å². The van der Waals surface area contributed by atoms with Gasteiger partial charge in [-0.05, 0) is 6.92 Å². The fraction of sp³-hybridized carbons (Fsp3) is 1.00. The molecule has 0 aliphatic heterocycles. The maximum Gasteiger partial charge on any atom is 0.0402 e. The van der Waals surface area contributed by atoms with E-state index in [2.05, 4.69) is 0 Å². The Kier molecular flexibility index (Phi) is 210.